The Labute approximate surface area is 123 Å². The molecule has 4 heteroatoms. The van der Waals surface area contributed by atoms with Crippen LogP contribution in [0.5, 0.6) is 0 Å². The number of hydrogen-bond donors (Lipinski definition) is 0. The summed E-state index contributed by atoms with van der Waals surface area (Å²) >= 11 is 6.06. The standard InChI is InChI=1S/C16H16ClNO2/c1-10-7-12(16(19)20-2)9-18-6-5-11-8-13(17)3-4-14(11)15(10)18/h3-4,7-8,15H,1,5-6,9H2,2H3. The van der Waals surface area contributed by atoms with Crippen molar-refractivity contribution in [3.8, 4) is 0 Å². The fraction of sp³-hybridized carbons (Fsp3) is 0.312. The van der Waals surface area contributed by atoms with Gasteiger partial charge in [0, 0.05) is 18.1 Å². The van der Waals surface area contributed by atoms with E-state index in [2.05, 4.69) is 17.5 Å². The lowest BCUT2D eigenvalue weighted by atomic mass is 9.85. The lowest BCUT2D eigenvalue weighted by Gasteiger charge is -2.40. The third-order valence-electron chi connectivity index (χ3n) is 3.96. The first-order valence-electron chi connectivity index (χ1n) is 6.60. The Kier molecular flexibility index (Phi) is 3.40. The molecule has 1 aromatic rings. The first-order valence-corrected chi connectivity index (χ1v) is 6.98. The van der Waals surface area contributed by atoms with Crippen LogP contribution in [-0.4, -0.2) is 31.1 Å². The number of carbonyl (C=O) groups excluding carboxylic acids is 1. The van der Waals surface area contributed by atoms with E-state index in [0.29, 0.717) is 12.1 Å². The average Bonchev–Trinajstić information content (AvgIpc) is 2.45. The molecule has 0 saturated heterocycles. The van der Waals surface area contributed by atoms with Gasteiger partial charge in [-0.25, -0.2) is 4.79 Å². The van der Waals surface area contributed by atoms with Gasteiger partial charge < -0.3 is 4.74 Å². The van der Waals surface area contributed by atoms with Crippen molar-refractivity contribution in [2.24, 2.45) is 0 Å². The Balaban J connectivity index is 1.99. The monoisotopic (exact) mass is 289 g/mol. The molecule has 0 fully saturated rings. The second-order valence-electron chi connectivity index (χ2n) is 5.20. The maximum atomic E-state index is 11.7. The molecule has 20 heavy (non-hydrogen) atoms. The maximum Gasteiger partial charge on any atom is 0.335 e. The molecule has 0 aromatic heterocycles. The Morgan fingerprint density at radius 2 is 2.30 bits per heavy atom. The number of esters is 1. The van der Waals surface area contributed by atoms with Crippen molar-refractivity contribution >= 4 is 17.6 Å². The lowest BCUT2D eigenvalue weighted by Crippen LogP contribution is -2.41. The SMILES string of the molecule is C=C1C=C(C(=O)OC)CN2CCc3cc(Cl)ccc3C12. The van der Waals surface area contributed by atoms with Gasteiger partial charge in [-0.15, -0.1) is 0 Å². The van der Waals surface area contributed by atoms with Crippen LogP contribution in [0.25, 0.3) is 0 Å². The van der Waals surface area contributed by atoms with Crippen molar-refractivity contribution in [2.45, 2.75) is 12.5 Å². The molecule has 1 aromatic carbocycles. The van der Waals surface area contributed by atoms with Gasteiger partial charge in [0.25, 0.3) is 0 Å². The summed E-state index contributed by atoms with van der Waals surface area (Å²) in [4.78, 5) is 14.0. The molecule has 104 valence electrons. The van der Waals surface area contributed by atoms with Crippen LogP contribution in [0.1, 0.15) is 17.2 Å². The summed E-state index contributed by atoms with van der Waals surface area (Å²) in [5, 5.41) is 0.768. The smallest absolute Gasteiger partial charge is 0.335 e. The van der Waals surface area contributed by atoms with E-state index in [1.165, 1.54) is 18.2 Å². The Morgan fingerprint density at radius 1 is 1.50 bits per heavy atom. The number of benzene rings is 1. The van der Waals surface area contributed by atoms with Gasteiger partial charge >= 0.3 is 5.97 Å². The van der Waals surface area contributed by atoms with Crippen LogP contribution >= 0.6 is 11.6 Å². The van der Waals surface area contributed by atoms with Gasteiger partial charge in [-0.2, -0.15) is 0 Å². The highest BCUT2D eigenvalue weighted by Crippen LogP contribution is 2.39. The summed E-state index contributed by atoms with van der Waals surface area (Å²) in [5.41, 5.74) is 4.12. The van der Waals surface area contributed by atoms with Gasteiger partial charge in [0.2, 0.25) is 0 Å². The zero-order valence-electron chi connectivity index (χ0n) is 11.4. The number of carbonyl (C=O) groups is 1. The molecule has 2 aliphatic heterocycles. The highest BCUT2D eigenvalue weighted by atomic mass is 35.5. The predicted octanol–water partition coefficient (Wildman–Crippen LogP) is 2.91. The van der Waals surface area contributed by atoms with Crippen LogP contribution in [0.15, 0.2) is 42.0 Å². The summed E-state index contributed by atoms with van der Waals surface area (Å²) < 4.78 is 4.81. The summed E-state index contributed by atoms with van der Waals surface area (Å²) in [6.45, 7) is 5.63. The van der Waals surface area contributed by atoms with Gasteiger partial charge in [-0.3, -0.25) is 4.90 Å². The number of rotatable bonds is 1. The first-order chi connectivity index (χ1) is 9.60. The molecule has 0 spiro atoms. The number of ether oxygens (including phenoxy) is 1. The quantitative estimate of drug-likeness (QED) is 0.745. The molecular formula is C16H16ClNO2. The van der Waals surface area contributed by atoms with Crippen molar-refractivity contribution in [1.29, 1.82) is 0 Å². The van der Waals surface area contributed by atoms with Crippen molar-refractivity contribution in [1.82, 2.24) is 4.90 Å². The molecule has 0 amide bonds. The van der Waals surface area contributed by atoms with Crippen LogP contribution in [-0.2, 0) is 16.0 Å². The van der Waals surface area contributed by atoms with Gasteiger partial charge in [-0.1, -0.05) is 24.2 Å². The minimum Gasteiger partial charge on any atom is -0.466 e. The summed E-state index contributed by atoms with van der Waals surface area (Å²) in [7, 11) is 1.41. The Hall–Kier alpha value is -1.58. The lowest BCUT2D eigenvalue weighted by molar-refractivity contribution is -0.136. The van der Waals surface area contributed by atoms with E-state index in [0.717, 1.165) is 23.6 Å². The largest absolute Gasteiger partial charge is 0.466 e. The number of fused-ring (bicyclic) bond motifs is 3. The first kappa shape index (κ1) is 13.4. The minimum absolute atomic E-state index is 0.143. The predicted molar refractivity (Wildman–Crippen MR) is 78.7 cm³/mol. The zero-order chi connectivity index (χ0) is 14.3. The average molecular weight is 290 g/mol. The second kappa shape index (κ2) is 5.08. The Morgan fingerprint density at radius 3 is 3.05 bits per heavy atom. The van der Waals surface area contributed by atoms with Gasteiger partial charge in [-0.05, 0) is 41.3 Å². The molecule has 1 atom stereocenters. The minimum atomic E-state index is -0.272. The van der Waals surface area contributed by atoms with Crippen molar-refractivity contribution < 1.29 is 9.53 Å². The van der Waals surface area contributed by atoms with E-state index < -0.39 is 0 Å². The van der Waals surface area contributed by atoms with Crippen molar-refractivity contribution in [2.75, 3.05) is 20.2 Å². The molecular weight excluding hydrogens is 274 g/mol. The molecule has 0 bridgehead atoms. The van der Waals surface area contributed by atoms with E-state index in [-0.39, 0.29) is 12.0 Å². The number of methoxy groups -OCH3 is 1. The highest BCUT2D eigenvalue weighted by Gasteiger charge is 2.33. The number of nitrogens with zero attached hydrogens (tertiary/aromatic N) is 1. The molecule has 1 unspecified atom stereocenters. The molecule has 0 N–H and O–H groups in total. The third kappa shape index (κ3) is 2.17. The summed E-state index contributed by atoms with van der Waals surface area (Å²) in [6.07, 6.45) is 2.80. The zero-order valence-corrected chi connectivity index (χ0v) is 12.1. The van der Waals surface area contributed by atoms with E-state index in [4.69, 9.17) is 16.3 Å². The van der Waals surface area contributed by atoms with Crippen LogP contribution < -0.4 is 0 Å². The molecule has 2 aliphatic rings. The summed E-state index contributed by atoms with van der Waals surface area (Å²) in [5.74, 6) is -0.272. The fourth-order valence-electron chi connectivity index (χ4n) is 3.07. The van der Waals surface area contributed by atoms with Crippen molar-refractivity contribution in [3.05, 3.63) is 58.1 Å². The normalized spacial score (nSPS) is 21.8. The fourth-order valence-corrected chi connectivity index (χ4v) is 3.27. The molecule has 2 heterocycles. The van der Waals surface area contributed by atoms with Crippen LogP contribution in [0, 0.1) is 0 Å². The number of halogens is 1. The summed E-state index contributed by atoms with van der Waals surface area (Å²) in [6, 6.07) is 6.15. The van der Waals surface area contributed by atoms with Gasteiger partial charge in [0.1, 0.15) is 0 Å². The van der Waals surface area contributed by atoms with Gasteiger partial charge in [0.15, 0.2) is 0 Å². The second-order valence-corrected chi connectivity index (χ2v) is 5.64. The van der Waals surface area contributed by atoms with E-state index >= 15 is 0 Å². The van der Waals surface area contributed by atoms with Crippen molar-refractivity contribution in [3.63, 3.8) is 0 Å². The molecule has 3 rings (SSSR count). The van der Waals surface area contributed by atoms with E-state index in [1.807, 2.05) is 18.2 Å². The molecule has 0 radical (unpaired) electrons. The maximum absolute atomic E-state index is 11.7. The molecule has 0 saturated carbocycles. The van der Waals surface area contributed by atoms with Gasteiger partial charge in [0.05, 0.1) is 18.7 Å². The topological polar surface area (TPSA) is 29.5 Å². The van der Waals surface area contributed by atoms with Crippen LogP contribution in [0.4, 0.5) is 0 Å². The van der Waals surface area contributed by atoms with E-state index in [9.17, 15) is 4.79 Å². The third-order valence-corrected chi connectivity index (χ3v) is 4.20. The van der Waals surface area contributed by atoms with E-state index in [1.54, 1.807) is 0 Å². The molecule has 0 aliphatic carbocycles. The number of hydrogen-bond acceptors (Lipinski definition) is 3. The highest BCUT2D eigenvalue weighted by molar-refractivity contribution is 6.30. The molecule has 3 nitrogen and oxygen atoms in total. The van der Waals surface area contributed by atoms with Crippen LogP contribution in [0.3, 0.4) is 0 Å². The Bertz CT molecular complexity index is 621. The van der Waals surface area contributed by atoms with Crippen LogP contribution in [0.2, 0.25) is 5.02 Å².